The van der Waals surface area contributed by atoms with E-state index in [0.717, 1.165) is 16.1 Å². The molecule has 0 unspecified atom stereocenters. The van der Waals surface area contributed by atoms with Crippen molar-refractivity contribution >= 4 is 32.1 Å². The highest BCUT2D eigenvalue weighted by molar-refractivity contribution is 7.27. The molecule has 0 aliphatic rings. The lowest BCUT2D eigenvalue weighted by Gasteiger charge is -1.90. The molecular weight excluding hydrogens is 246 g/mol. The first-order valence-corrected chi connectivity index (χ1v) is 6.92. The molecule has 0 spiro atoms. The molecule has 17 heavy (non-hydrogen) atoms. The van der Waals surface area contributed by atoms with Crippen LogP contribution in [-0.4, -0.2) is 4.98 Å². The van der Waals surface area contributed by atoms with E-state index in [0.29, 0.717) is 0 Å². The van der Waals surface area contributed by atoms with E-state index in [2.05, 4.69) is 34.3 Å². The van der Waals surface area contributed by atoms with Crippen molar-refractivity contribution in [3.8, 4) is 11.8 Å². The van der Waals surface area contributed by atoms with Gasteiger partial charge in [-0.3, -0.25) is 4.98 Å². The van der Waals surface area contributed by atoms with E-state index in [1.165, 1.54) is 9.40 Å². The number of rotatable bonds is 0. The summed E-state index contributed by atoms with van der Waals surface area (Å²) in [5.41, 5.74) is 2.03. The third-order valence-corrected chi connectivity index (χ3v) is 4.37. The summed E-state index contributed by atoms with van der Waals surface area (Å²) in [6.07, 6.45) is 1.80. The van der Waals surface area contributed by atoms with Gasteiger partial charge in [0.05, 0.1) is 4.88 Å². The van der Waals surface area contributed by atoms with Crippen LogP contribution in [0.5, 0.6) is 0 Å². The number of thiophene rings is 2. The zero-order chi connectivity index (χ0) is 11.7. The summed E-state index contributed by atoms with van der Waals surface area (Å²) >= 11 is 3.51. The van der Waals surface area contributed by atoms with Gasteiger partial charge >= 0.3 is 0 Å². The number of nitrogens with zero attached hydrogens (tertiary/aromatic N) is 1. The first-order valence-electron chi connectivity index (χ1n) is 5.23. The second-order valence-corrected chi connectivity index (χ2v) is 5.73. The molecule has 0 amide bonds. The van der Waals surface area contributed by atoms with Gasteiger partial charge in [0, 0.05) is 26.9 Å². The Bertz CT molecular complexity index is 697. The molecule has 0 radical (unpaired) electrons. The second kappa shape index (κ2) is 4.33. The van der Waals surface area contributed by atoms with Crippen LogP contribution in [0.4, 0.5) is 0 Å². The van der Waals surface area contributed by atoms with Crippen LogP contribution in [0.1, 0.15) is 16.1 Å². The highest BCUT2D eigenvalue weighted by Crippen LogP contribution is 2.29. The van der Waals surface area contributed by atoms with E-state index in [9.17, 15) is 0 Å². The predicted molar refractivity (Wildman–Crippen MR) is 74.7 cm³/mol. The maximum absolute atomic E-state index is 4.16. The zero-order valence-electron chi connectivity index (χ0n) is 9.23. The molecule has 0 N–H and O–H groups in total. The zero-order valence-corrected chi connectivity index (χ0v) is 10.9. The fraction of sp³-hybridized carbons (Fsp3) is 0.0714. The lowest BCUT2D eigenvalue weighted by Crippen LogP contribution is -1.80. The van der Waals surface area contributed by atoms with Gasteiger partial charge in [-0.15, -0.1) is 22.7 Å². The first-order chi connectivity index (χ1) is 8.31. The number of fused-ring (bicyclic) bond motifs is 1. The third-order valence-electron chi connectivity index (χ3n) is 2.37. The van der Waals surface area contributed by atoms with Crippen molar-refractivity contribution in [2.75, 3.05) is 0 Å². The number of hydrogen-bond acceptors (Lipinski definition) is 3. The number of hydrogen-bond donors (Lipinski definition) is 0. The summed E-state index contributed by atoms with van der Waals surface area (Å²) in [4.78, 5) is 5.28. The predicted octanol–water partition coefficient (Wildman–Crippen LogP) is 4.07. The molecule has 3 aromatic heterocycles. The molecular formula is C14H9NS2. The highest BCUT2D eigenvalue weighted by Gasteiger charge is 1.99. The van der Waals surface area contributed by atoms with Crippen LogP contribution in [0.15, 0.2) is 35.8 Å². The van der Waals surface area contributed by atoms with Gasteiger partial charge in [0.25, 0.3) is 0 Å². The monoisotopic (exact) mass is 255 g/mol. The Kier molecular flexibility index (Phi) is 2.68. The topological polar surface area (TPSA) is 12.9 Å². The van der Waals surface area contributed by atoms with Gasteiger partial charge < -0.3 is 0 Å². The van der Waals surface area contributed by atoms with Crippen LogP contribution >= 0.6 is 22.7 Å². The average Bonchev–Trinajstić information content (AvgIpc) is 2.86. The molecule has 0 saturated carbocycles. The van der Waals surface area contributed by atoms with E-state index < -0.39 is 0 Å². The van der Waals surface area contributed by atoms with Crippen LogP contribution < -0.4 is 0 Å². The average molecular weight is 255 g/mol. The van der Waals surface area contributed by atoms with Gasteiger partial charge in [0.2, 0.25) is 0 Å². The molecule has 3 aromatic rings. The van der Waals surface area contributed by atoms with Crippen molar-refractivity contribution in [2.24, 2.45) is 0 Å². The molecule has 0 atom stereocenters. The van der Waals surface area contributed by atoms with Crippen molar-refractivity contribution in [2.45, 2.75) is 6.92 Å². The van der Waals surface area contributed by atoms with E-state index in [4.69, 9.17) is 0 Å². The molecule has 3 rings (SSSR count). The summed E-state index contributed by atoms with van der Waals surface area (Å²) in [7, 11) is 0. The van der Waals surface area contributed by atoms with Crippen LogP contribution in [-0.2, 0) is 0 Å². The van der Waals surface area contributed by atoms with Crippen LogP contribution in [0.25, 0.3) is 9.40 Å². The summed E-state index contributed by atoms with van der Waals surface area (Å²) in [6, 6.07) is 8.25. The largest absolute Gasteiger partial charge is 0.262 e. The molecule has 0 bridgehead atoms. The Morgan fingerprint density at radius 2 is 2.06 bits per heavy atom. The van der Waals surface area contributed by atoms with Crippen LogP contribution in [0.3, 0.4) is 0 Å². The normalized spacial score (nSPS) is 10.2. The van der Waals surface area contributed by atoms with Crippen molar-refractivity contribution in [1.29, 1.82) is 0 Å². The number of aromatic nitrogens is 1. The Labute approximate surface area is 108 Å². The first kappa shape index (κ1) is 10.5. The fourth-order valence-electron chi connectivity index (χ4n) is 1.58. The molecule has 0 aromatic carbocycles. The molecule has 0 saturated heterocycles. The molecule has 0 fully saturated rings. The maximum atomic E-state index is 4.16. The van der Waals surface area contributed by atoms with Gasteiger partial charge in [0.1, 0.15) is 0 Å². The summed E-state index contributed by atoms with van der Waals surface area (Å²) in [5.74, 6) is 6.39. The number of aryl methyl sites for hydroxylation is 1. The van der Waals surface area contributed by atoms with Crippen LogP contribution in [0.2, 0.25) is 0 Å². The van der Waals surface area contributed by atoms with Gasteiger partial charge in [-0.1, -0.05) is 11.8 Å². The minimum Gasteiger partial charge on any atom is -0.262 e. The molecule has 0 aliphatic carbocycles. The molecule has 82 valence electrons. The minimum absolute atomic E-state index is 1.00. The summed E-state index contributed by atoms with van der Waals surface area (Å²) in [6.45, 7) is 1.98. The summed E-state index contributed by atoms with van der Waals surface area (Å²) < 4.78 is 2.65. The SMILES string of the molecule is Cc1cc(C#Cc2cc3sccc3s2)ccn1. The molecule has 3 heteroatoms. The van der Waals surface area contributed by atoms with E-state index >= 15 is 0 Å². The van der Waals surface area contributed by atoms with Crippen molar-refractivity contribution in [3.05, 3.63) is 52.0 Å². The quantitative estimate of drug-likeness (QED) is 0.552. The Morgan fingerprint density at radius 1 is 1.12 bits per heavy atom. The van der Waals surface area contributed by atoms with Gasteiger partial charge in [0.15, 0.2) is 0 Å². The second-order valence-electron chi connectivity index (χ2n) is 3.70. The Morgan fingerprint density at radius 3 is 2.88 bits per heavy atom. The number of pyridine rings is 1. The Balaban J connectivity index is 1.95. The van der Waals surface area contributed by atoms with Gasteiger partial charge in [-0.05, 0) is 36.6 Å². The maximum Gasteiger partial charge on any atom is 0.0793 e. The van der Waals surface area contributed by atoms with Crippen molar-refractivity contribution in [1.82, 2.24) is 4.98 Å². The van der Waals surface area contributed by atoms with Crippen LogP contribution in [0, 0.1) is 18.8 Å². The third kappa shape index (κ3) is 2.23. The van der Waals surface area contributed by atoms with E-state index in [-0.39, 0.29) is 0 Å². The lowest BCUT2D eigenvalue weighted by atomic mass is 10.2. The molecule has 0 aliphatic heterocycles. The fourth-order valence-corrected chi connectivity index (χ4v) is 3.55. The molecule has 3 heterocycles. The van der Waals surface area contributed by atoms with E-state index in [1.807, 2.05) is 19.1 Å². The smallest absolute Gasteiger partial charge is 0.0793 e. The Hall–Kier alpha value is -1.63. The lowest BCUT2D eigenvalue weighted by molar-refractivity contribution is 1.19. The van der Waals surface area contributed by atoms with Gasteiger partial charge in [-0.25, -0.2) is 0 Å². The van der Waals surface area contributed by atoms with Gasteiger partial charge in [-0.2, -0.15) is 0 Å². The summed E-state index contributed by atoms with van der Waals surface area (Å²) in [5, 5.41) is 2.12. The van der Waals surface area contributed by atoms with Crippen molar-refractivity contribution < 1.29 is 0 Å². The standard InChI is InChI=1S/C14H9NS2/c1-10-8-11(4-6-15-10)2-3-12-9-14-13(17-12)5-7-16-14/h4-9H,1H3. The molecule has 1 nitrogen and oxygen atoms in total. The highest BCUT2D eigenvalue weighted by atomic mass is 32.1. The minimum atomic E-state index is 1.00. The van der Waals surface area contributed by atoms with Crippen molar-refractivity contribution in [3.63, 3.8) is 0 Å². The van der Waals surface area contributed by atoms with E-state index in [1.54, 1.807) is 28.9 Å².